The van der Waals surface area contributed by atoms with Crippen LogP contribution in [-0.4, -0.2) is 29.5 Å². The average Bonchev–Trinajstić information content (AvgIpc) is 2.13. The van der Waals surface area contributed by atoms with E-state index in [4.69, 9.17) is 21.7 Å². The van der Waals surface area contributed by atoms with Crippen LogP contribution in [0, 0.1) is 5.41 Å². The summed E-state index contributed by atoms with van der Waals surface area (Å²) in [6, 6.07) is -0.230. The van der Waals surface area contributed by atoms with Gasteiger partial charge in [0.2, 0.25) is 0 Å². The highest BCUT2D eigenvalue weighted by atomic mass is 16.3. The van der Waals surface area contributed by atoms with Crippen molar-refractivity contribution in [2.45, 2.75) is 18.9 Å². The molecule has 0 aromatic carbocycles. The third kappa shape index (κ3) is 2.15. The molecule has 1 aliphatic carbocycles. The van der Waals surface area contributed by atoms with E-state index in [0.717, 1.165) is 0 Å². The smallest absolute Gasteiger partial charge is 0.0440 e. The molecule has 0 saturated carbocycles. The molecule has 0 aliphatic heterocycles. The molecule has 6 N–H and O–H groups in total. The molecule has 1 atom stereocenters. The Hall–Kier alpha value is -0.840. The van der Waals surface area contributed by atoms with Crippen molar-refractivity contribution < 1.29 is 10.2 Å². The van der Waals surface area contributed by atoms with Crippen molar-refractivity contribution in [3.63, 3.8) is 0 Å². The molecule has 0 heterocycles. The fourth-order valence-corrected chi connectivity index (χ4v) is 1.84. The summed E-state index contributed by atoms with van der Waals surface area (Å²) in [6.45, 7) is 0.123. The molecule has 1 aliphatic rings. The third-order valence-electron chi connectivity index (χ3n) is 2.80. The largest absolute Gasteiger partial charge is 0.399 e. The summed E-state index contributed by atoms with van der Waals surface area (Å²) in [5, 5.41) is 17.9. The van der Waals surface area contributed by atoms with Crippen molar-refractivity contribution in [3.8, 4) is 0 Å². The van der Waals surface area contributed by atoms with Gasteiger partial charge in [-0.1, -0.05) is 6.08 Å². The SMILES string of the molecule is NC1=CC(N)C(CCO)(CCO)C=C1. The van der Waals surface area contributed by atoms with Gasteiger partial charge in [0.15, 0.2) is 0 Å². The number of allylic oxidation sites excluding steroid dienone is 1. The Balaban J connectivity index is 2.83. The number of hydrogen-bond donors (Lipinski definition) is 4. The lowest BCUT2D eigenvalue weighted by Gasteiger charge is -2.36. The van der Waals surface area contributed by atoms with Gasteiger partial charge >= 0.3 is 0 Å². The number of aliphatic hydroxyl groups is 2. The first kappa shape index (κ1) is 11.2. The molecule has 0 spiro atoms. The Morgan fingerprint density at radius 1 is 1.29 bits per heavy atom. The Kier molecular flexibility index (Phi) is 3.69. The first-order chi connectivity index (χ1) is 6.64. The number of rotatable bonds is 4. The number of hydrogen-bond acceptors (Lipinski definition) is 4. The first-order valence-electron chi connectivity index (χ1n) is 4.78. The van der Waals surface area contributed by atoms with E-state index in [-0.39, 0.29) is 24.7 Å². The second kappa shape index (κ2) is 4.59. The van der Waals surface area contributed by atoms with Gasteiger partial charge in [-0.2, -0.15) is 0 Å². The van der Waals surface area contributed by atoms with Crippen LogP contribution >= 0.6 is 0 Å². The minimum absolute atomic E-state index is 0.0613. The molecule has 0 fully saturated rings. The van der Waals surface area contributed by atoms with E-state index >= 15 is 0 Å². The molecule has 4 nitrogen and oxygen atoms in total. The van der Waals surface area contributed by atoms with Gasteiger partial charge in [-0.15, -0.1) is 0 Å². The maximum absolute atomic E-state index is 8.97. The van der Waals surface area contributed by atoms with E-state index in [2.05, 4.69) is 0 Å². The molecule has 0 radical (unpaired) electrons. The van der Waals surface area contributed by atoms with Gasteiger partial charge in [-0.05, 0) is 25.0 Å². The predicted molar refractivity (Wildman–Crippen MR) is 55.2 cm³/mol. The molecule has 0 bridgehead atoms. The van der Waals surface area contributed by atoms with E-state index in [1.807, 2.05) is 6.08 Å². The maximum Gasteiger partial charge on any atom is 0.0440 e. The molecular formula is C10H18N2O2. The summed E-state index contributed by atoms with van der Waals surface area (Å²) in [4.78, 5) is 0. The molecule has 80 valence electrons. The normalized spacial score (nSPS) is 24.8. The Labute approximate surface area is 83.9 Å². The van der Waals surface area contributed by atoms with Gasteiger partial charge in [0.05, 0.1) is 0 Å². The van der Waals surface area contributed by atoms with Gasteiger partial charge < -0.3 is 21.7 Å². The summed E-state index contributed by atoms with van der Waals surface area (Å²) >= 11 is 0. The zero-order valence-electron chi connectivity index (χ0n) is 8.19. The predicted octanol–water partition coefficient (Wildman–Crippen LogP) is -0.523. The monoisotopic (exact) mass is 198 g/mol. The summed E-state index contributed by atoms with van der Waals surface area (Å²) < 4.78 is 0. The minimum Gasteiger partial charge on any atom is -0.399 e. The zero-order chi connectivity index (χ0) is 10.6. The molecule has 0 aromatic rings. The van der Waals surface area contributed by atoms with Crippen LogP contribution in [0.1, 0.15) is 12.8 Å². The second-order valence-corrected chi connectivity index (χ2v) is 3.71. The topological polar surface area (TPSA) is 92.5 Å². The van der Waals surface area contributed by atoms with Crippen molar-refractivity contribution in [3.05, 3.63) is 23.9 Å². The molecule has 0 amide bonds. The molecule has 1 unspecified atom stereocenters. The molecule has 0 saturated heterocycles. The quantitative estimate of drug-likeness (QED) is 0.489. The lowest BCUT2D eigenvalue weighted by atomic mass is 9.72. The van der Waals surface area contributed by atoms with Crippen LogP contribution in [0.25, 0.3) is 0 Å². The Bertz CT molecular complexity index is 243. The maximum atomic E-state index is 8.97. The van der Waals surface area contributed by atoms with Crippen LogP contribution in [0.15, 0.2) is 23.9 Å². The van der Waals surface area contributed by atoms with Crippen molar-refractivity contribution in [1.29, 1.82) is 0 Å². The highest BCUT2D eigenvalue weighted by molar-refractivity contribution is 5.28. The summed E-state index contributed by atoms with van der Waals surface area (Å²) in [5.74, 6) is 0. The van der Waals surface area contributed by atoms with Crippen molar-refractivity contribution in [2.75, 3.05) is 13.2 Å². The summed E-state index contributed by atoms with van der Waals surface area (Å²) in [5.41, 5.74) is 11.9. The van der Waals surface area contributed by atoms with Gasteiger partial charge in [-0.25, -0.2) is 0 Å². The number of nitrogens with two attached hydrogens (primary N) is 2. The Morgan fingerprint density at radius 2 is 1.86 bits per heavy atom. The van der Waals surface area contributed by atoms with E-state index in [0.29, 0.717) is 18.5 Å². The average molecular weight is 198 g/mol. The summed E-state index contributed by atoms with van der Waals surface area (Å²) in [7, 11) is 0. The zero-order valence-corrected chi connectivity index (χ0v) is 8.19. The van der Waals surface area contributed by atoms with Crippen LogP contribution in [0.2, 0.25) is 0 Å². The minimum atomic E-state index is -0.341. The molecule has 1 rings (SSSR count). The van der Waals surface area contributed by atoms with Gasteiger partial charge in [0.1, 0.15) is 0 Å². The van der Waals surface area contributed by atoms with Gasteiger partial charge in [0, 0.05) is 30.4 Å². The van der Waals surface area contributed by atoms with Crippen LogP contribution < -0.4 is 11.5 Å². The van der Waals surface area contributed by atoms with Crippen molar-refractivity contribution in [2.24, 2.45) is 16.9 Å². The second-order valence-electron chi connectivity index (χ2n) is 3.71. The lowest BCUT2D eigenvalue weighted by Crippen LogP contribution is -2.42. The van der Waals surface area contributed by atoms with E-state index in [1.165, 1.54) is 0 Å². The third-order valence-corrected chi connectivity index (χ3v) is 2.80. The molecule has 4 heteroatoms. The lowest BCUT2D eigenvalue weighted by molar-refractivity contribution is 0.158. The van der Waals surface area contributed by atoms with Gasteiger partial charge in [0.25, 0.3) is 0 Å². The van der Waals surface area contributed by atoms with Crippen molar-refractivity contribution in [1.82, 2.24) is 0 Å². The fourth-order valence-electron chi connectivity index (χ4n) is 1.84. The van der Waals surface area contributed by atoms with Crippen LogP contribution in [0.3, 0.4) is 0 Å². The fraction of sp³-hybridized carbons (Fsp3) is 0.600. The Morgan fingerprint density at radius 3 is 2.29 bits per heavy atom. The molecule has 14 heavy (non-hydrogen) atoms. The van der Waals surface area contributed by atoms with E-state index in [1.54, 1.807) is 12.2 Å². The number of aliphatic hydroxyl groups excluding tert-OH is 2. The summed E-state index contributed by atoms with van der Waals surface area (Å²) in [6.07, 6.45) is 6.56. The van der Waals surface area contributed by atoms with E-state index < -0.39 is 0 Å². The van der Waals surface area contributed by atoms with Gasteiger partial charge in [-0.3, -0.25) is 0 Å². The molecule has 0 aromatic heterocycles. The standard InChI is InChI=1S/C10H18N2O2/c11-8-1-2-10(3-5-13,4-6-14)9(12)7-8/h1-2,7,9,13-14H,3-6,11-12H2. The van der Waals surface area contributed by atoms with E-state index in [9.17, 15) is 0 Å². The van der Waals surface area contributed by atoms with Crippen LogP contribution in [0.4, 0.5) is 0 Å². The van der Waals surface area contributed by atoms with Crippen molar-refractivity contribution >= 4 is 0 Å². The molecular weight excluding hydrogens is 180 g/mol. The van der Waals surface area contributed by atoms with Crippen LogP contribution in [-0.2, 0) is 0 Å². The first-order valence-corrected chi connectivity index (χ1v) is 4.78. The van der Waals surface area contributed by atoms with Crippen LogP contribution in [0.5, 0.6) is 0 Å². The highest BCUT2D eigenvalue weighted by Crippen LogP contribution is 2.34. The highest BCUT2D eigenvalue weighted by Gasteiger charge is 2.33.